The van der Waals surface area contributed by atoms with E-state index in [1.54, 1.807) is 42.6 Å². The number of nitrogens with one attached hydrogen (secondary N) is 1. The molecule has 0 aliphatic heterocycles. The maximum absolute atomic E-state index is 12.2. The van der Waals surface area contributed by atoms with Crippen LogP contribution in [0.3, 0.4) is 0 Å². The molecule has 0 saturated heterocycles. The normalized spacial score (nSPS) is 10.4. The Bertz CT molecular complexity index is 904. The molecular weight excluding hydrogens is 398 g/mol. The first-order valence-electron chi connectivity index (χ1n) is 8.59. The summed E-state index contributed by atoms with van der Waals surface area (Å²) in [5, 5.41) is 4.72. The lowest BCUT2D eigenvalue weighted by Crippen LogP contribution is -2.21. The molecule has 0 bridgehead atoms. The Hall–Kier alpha value is -3.33. The Labute approximate surface area is 172 Å². The number of hydrogen-bond donors (Lipinski definition) is 1. The van der Waals surface area contributed by atoms with E-state index in [0.717, 1.165) is 0 Å². The maximum atomic E-state index is 12.2. The molecule has 1 amide bonds. The van der Waals surface area contributed by atoms with Crippen LogP contribution in [0.15, 0.2) is 35.7 Å². The van der Waals surface area contributed by atoms with Crippen LogP contribution in [-0.4, -0.2) is 45.3 Å². The molecule has 0 unspecified atom stereocenters. The van der Waals surface area contributed by atoms with Crippen LogP contribution in [0.2, 0.25) is 0 Å². The second-order valence-electron chi connectivity index (χ2n) is 5.49. The molecule has 0 atom stereocenters. The second-order valence-corrected chi connectivity index (χ2v) is 6.40. The first kappa shape index (κ1) is 22.0. The molecule has 0 aliphatic carbocycles. The molecule has 0 radical (unpaired) electrons. The van der Waals surface area contributed by atoms with E-state index in [2.05, 4.69) is 10.1 Å². The summed E-state index contributed by atoms with van der Waals surface area (Å²) in [6, 6.07) is 6.57. The molecule has 29 heavy (non-hydrogen) atoms. The number of esters is 2. The van der Waals surface area contributed by atoms with Crippen molar-refractivity contribution in [3.05, 3.63) is 46.8 Å². The molecule has 1 heterocycles. The van der Waals surface area contributed by atoms with E-state index < -0.39 is 17.8 Å². The summed E-state index contributed by atoms with van der Waals surface area (Å²) in [5.41, 5.74) is 0.992. The number of rotatable bonds is 9. The molecule has 2 aromatic rings. The average molecular weight is 419 g/mol. The van der Waals surface area contributed by atoms with Gasteiger partial charge in [0.15, 0.2) is 18.1 Å². The monoisotopic (exact) mass is 419 g/mol. The van der Waals surface area contributed by atoms with Gasteiger partial charge in [-0.15, -0.1) is 11.3 Å². The van der Waals surface area contributed by atoms with Gasteiger partial charge in [0.1, 0.15) is 5.00 Å². The lowest BCUT2D eigenvalue weighted by molar-refractivity contribution is -0.134. The highest BCUT2D eigenvalue weighted by molar-refractivity contribution is 7.14. The summed E-state index contributed by atoms with van der Waals surface area (Å²) >= 11 is 1.21. The van der Waals surface area contributed by atoms with Crippen molar-refractivity contribution in [2.75, 3.05) is 32.8 Å². The molecule has 1 aromatic heterocycles. The number of ether oxygens (including phenoxy) is 4. The van der Waals surface area contributed by atoms with Crippen molar-refractivity contribution in [1.82, 2.24) is 0 Å². The Morgan fingerprint density at radius 2 is 1.93 bits per heavy atom. The van der Waals surface area contributed by atoms with Crippen molar-refractivity contribution in [2.24, 2.45) is 0 Å². The lowest BCUT2D eigenvalue weighted by Gasteiger charge is -2.11. The van der Waals surface area contributed by atoms with Crippen LogP contribution < -0.4 is 14.8 Å². The summed E-state index contributed by atoms with van der Waals surface area (Å²) in [6.45, 7) is 1.67. The fraction of sp³-hybridized carbons (Fsp3) is 0.250. The van der Waals surface area contributed by atoms with Crippen LogP contribution in [0.1, 0.15) is 22.8 Å². The highest BCUT2D eigenvalue weighted by atomic mass is 32.1. The summed E-state index contributed by atoms with van der Waals surface area (Å²) in [7, 11) is 2.76. The van der Waals surface area contributed by atoms with E-state index in [-0.39, 0.29) is 13.2 Å². The summed E-state index contributed by atoms with van der Waals surface area (Å²) < 4.78 is 20.3. The lowest BCUT2D eigenvalue weighted by atomic mass is 10.2. The fourth-order valence-corrected chi connectivity index (χ4v) is 3.01. The van der Waals surface area contributed by atoms with Crippen molar-refractivity contribution in [1.29, 1.82) is 0 Å². The Morgan fingerprint density at radius 3 is 2.62 bits per heavy atom. The zero-order valence-electron chi connectivity index (χ0n) is 16.2. The predicted octanol–water partition coefficient (Wildman–Crippen LogP) is 3.14. The minimum atomic E-state index is -0.498. The summed E-state index contributed by atoms with van der Waals surface area (Å²) in [6.07, 6.45) is 2.85. The molecule has 8 nitrogen and oxygen atoms in total. The molecule has 2 rings (SSSR count). The van der Waals surface area contributed by atoms with Crippen LogP contribution >= 0.6 is 11.3 Å². The first-order valence-corrected chi connectivity index (χ1v) is 9.47. The van der Waals surface area contributed by atoms with Gasteiger partial charge >= 0.3 is 11.9 Å². The topological polar surface area (TPSA) is 100 Å². The standard InChI is InChI=1S/C20H21NO7S/c1-4-27-20(24)14-9-10-29-19(14)21-17(22)12-28-15-7-5-13(11-16(15)25-2)6-8-18(23)26-3/h5-11H,4,12H2,1-3H3,(H,21,22). The van der Waals surface area contributed by atoms with Gasteiger partial charge in [-0.25, -0.2) is 9.59 Å². The van der Waals surface area contributed by atoms with E-state index in [9.17, 15) is 14.4 Å². The van der Waals surface area contributed by atoms with Gasteiger partial charge in [-0.05, 0) is 42.1 Å². The number of hydrogen-bond acceptors (Lipinski definition) is 8. The molecule has 154 valence electrons. The van der Waals surface area contributed by atoms with Crippen molar-refractivity contribution >= 4 is 40.3 Å². The zero-order valence-corrected chi connectivity index (χ0v) is 17.0. The second kappa shape index (κ2) is 10.9. The van der Waals surface area contributed by atoms with Crippen molar-refractivity contribution in [2.45, 2.75) is 6.92 Å². The summed E-state index contributed by atoms with van der Waals surface area (Å²) in [4.78, 5) is 35.3. The largest absolute Gasteiger partial charge is 0.493 e. The molecule has 0 aliphatic rings. The van der Waals surface area contributed by atoms with Crippen LogP contribution in [-0.2, 0) is 19.1 Å². The molecule has 0 saturated carbocycles. The number of carbonyl (C=O) groups excluding carboxylic acids is 3. The minimum Gasteiger partial charge on any atom is -0.493 e. The number of thiophene rings is 1. The van der Waals surface area contributed by atoms with Crippen molar-refractivity contribution < 1.29 is 33.3 Å². The smallest absolute Gasteiger partial charge is 0.341 e. The quantitative estimate of drug-likeness (QED) is 0.492. The van der Waals surface area contributed by atoms with E-state index in [0.29, 0.717) is 27.6 Å². The zero-order chi connectivity index (χ0) is 21.2. The van der Waals surface area contributed by atoms with Gasteiger partial charge in [-0.2, -0.15) is 0 Å². The van der Waals surface area contributed by atoms with Crippen molar-refractivity contribution in [3.63, 3.8) is 0 Å². The highest BCUT2D eigenvalue weighted by Crippen LogP contribution is 2.29. The van der Waals surface area contributed by atoms with Gasteiger partial charge in [0.2, 0.25) is 0 Å². The Morgan fingerprint density at radius 1 is 1.14 bits per heavy atom. The molecule has 9 heteroatoms. The number of carbonyl (C=O) groups is 3. The predicted molar refractivity (Wildman–Crippen MR) is 108 cm³/mol. The third kappa shape index (κ3) is 6.35. The highest BCUT2D eigenvalue weighted by Gasteiger charge is 2.16. The van der Waals surface area contributed by atoms with E-state index >= 15 is 0 Å². The van der Waals surface area contributed by atoms with Crippen LogP contribution in [0, 0.1) is 0 Å². The van der Waals surface area contributed by atoms with Gasteiger partial charge < -0.3 is 24.3 Å². The summed E-state index contributed by atoms with van der Waals surface area (Å²) in [5.74, 6) is -0.656. The van der Waals surface area contributed by atoms with Crippen LogP contribution in [0.5, 0.6) is 11.5 Å². The van der Waals surface area contributed by atoms with Gasteiger partial charge in [-0.1, -0.05) is 6.07 Å². The van der Waals surface area contributed by atoms with Crippen LogP contribution in [0.25, 0.3) is 6.08 Å². The van der Waals surface area contributed by atoms with Gasteiger partial charge in [0, 0.05) is 6.08 Å². The molecular formula is C20H21NO7S. The number of methoxy groups -OCH3 is 2. The van der Waals surface area contributed by atoms with Gasteiger partial charge in [-0.3, -0.25) is 4.79 Å². The SMILES string of the molecule is CCOC(=O)c1ccsc1NC(=O)COc1ccc(C=CC(=O)OC)cc1OC. The number of amides is 1. The van der Waals surface area contributed by atoms with Crippen LogP contribution in [0.4, 0.5) is 5.00 Å². The van der Waals surface area contributed by atoms with E-state index in [4.69, 9.17) is 14.2 Å². The third-order valence-electron chi connectivity index (χ3n) is 3.57. The first-order chi connectivity index (χ1) is 14.0. The molecule has 0 fully saturated rings. The van der Waals surface area contributed by atoms with Gasteiger partial charge in [0.25, 0.3) is 5.91 Å². The minimum absolute atomic E-state index is 0.246. The Kier molecular flexibility index (Phi) is 8.23. The Balaban J connectivity index is 2.00. The number of benzene rings is 1. The molecule has 1 aromatic carbocycles. The fourth-order valence-electron chi connectivity index (χ4n) is 2.22. The molecule has 1 N–H and O–H groups in total. The third-order valence-corrected chi connectivity index (χ3v) is 4.40. The van der Waals surface area contributed by atoms with E-state index in [1.807, 2.05) is 0 Å². The average Bonchev–Trinajstić information content (AvgIpc) is 3.18. The van der Waals surface area contributed by atoms with Crippen molar-refractivity contribution in [3.8, 4) is 11.5 Å². The number of anilines is 1. The van der Waals surface area contributed by atoms with Gasteiger partial charge in [0.05, 0.1) is 26.4 Å². The maximum Gasteiger partial charge on any atom is 0.341 e. The molecule has 0 spiro atoms. The van der Waals surface area contributed by atoms with E-state index in [1.165, 1.54) is 31.6 Å².